The van der Waals surface area contributed by atoms with Gasteiger partial charge in [-0.15, -0.1) is 0 Å². The fraction of sp³-hybridized carbons (Fsp3) is 0.250. The van der Waals surface area contributed by atoms with Crippen LogP contribution >= 0.6 is 12.0 Å². The molecule has 0 aromatic heterocycles. The molecule has 0 amide bonds. The predicted molar refractivity (Wildman–Crippen MR) is 49.1 cm³/mol. The Morgan fingerprint density at radius 2 is 1.69 bits per heavy atom. The van der Waals surface area contributed by atoms with Gasteiger partial charge in [-0.05, 0) is 12.1 Å². The van der Waals surface area contributed by atoms with Crippen molar-refractivity contribution in [2.45, 2.75) is 4.90 Å². The van der Waals surface area contributed by atoms with Crippen LogP contribution in [0.4, 0.5) is 0 Å². The van der Waals surface area contributed by atoms with Crippen molar-refractivity contribution in [2.24, 2.45) is 0 Å². The molecule has 0 saturated heterocycles. The van der Waals surface area contributed by atoms with Gasteiger partial charge in [0, 0.05) is 0 Å². The van der Waals surface area contributed by atoms with Crippen molar-refractivity contribution in [1.29, 1.82) is 0 Å². The molecule has 0 saturated carbocycles. The summed E-state index contributed by atoms with van der Waals surface area (Å²) in [4.78, 5) is 0.606. The number of benzene rings is 1. The first-order chi connectivity index (χ1) is 6.33. The molecule has 4 nitrogen and oxygen atoms in total. The van der Waals surface area contributed by atoms with Gasteiger partial charge in [-0.25, -0.2) is 5.26 Å². The third-order valence-electron chi connectivity index (χ3n) is 1.50. The molecule has 0 unspecified atom stereocenters. The first-order valence-corrected chi connectivity index (χ1v) is 4.26. The quantitative estimate of drug-likeness (QED) is 0.460. The summed E-state index contributed by atoms with van der Waals surface area (Å²) < 4.78 is 14.1. The highest BCUT2D eigenvalue weighted by molar-refractivity contribution is 7.94. The molecule has 0 heterocycles. The van der Waals surface area contributed by atoms with Crippen LogP contribution in [-0.2, 0) is 4.33 Å². The Morgan fingerprint density at radius 1 is 1.15 bits per heavy atom. The van der Waals surface area contributed by atoms with Crippen molar-refractivity contribution < 1.29 is 19.1 Å². The summed E-state index contributed by atoms with van der Waals surface area (Å²) in [5.41, 5.74) is 0. The lowest BCUT2D eigenvalue weighted by Crippen LogP contribution is -1.91. The monoisotopic (exact) mass is 202 g/mol. The van der Waals surface area contributed by atoms with Gasteiger partial charge in [-0.1, -0.05) is 6.07 Å². The highest BCUT2D eigenvalue weighted by Gasteiger charge is 2.10. The number of hydrogen-bond donors (Lipinski definition) is 1. The van der Waals surface area contributed by atoms with Gasteiger partial charge < -0.3 is 9.47 Å². The molecule has 0 aliphatic heterocycles. The Bertz CT molecular complexity index is 255. The van der Waals surface area contributed by atoms with E-state index >= 15 is 0 Å². The average Bonchev–Trinajstić information content (AvgIpc) is 2.18. The standard InChI is InChI=1S/C8H10O4S/c1-10-6-4-3-5-7(11-2)8(6)13-12-9/h3-5,9H,1-2H3. The molecule has 0 radical (unpaired) electrons. The summed E-state index contributed by atoms with van der Waals surface area (Å²) in [6.45, 7) is 0. The topological polar surface area (TPSA) is 47.9 Å². The smallest absolute Gasteiger partial charge is 0.138 e. The van der Waals surface area contributed by atoms with E-state index in [4.69, 9.17) is 14.7 Å². The summed E-state index contributed by atoms with van der Waals surface area (Å²) in [7, 11) is 3.08. The van der Waals surface area contributed by atoms with Crippen molar-refractivity contribution in [2.75, 3.05) is 14.2 Å². The van der Waals surface area contributed by atoms with Crippen molar-refractivity contribution >= 4 is 12.0 Å². The minimum Gasteiger partial charge on any atom is -0.495 e. The van der Waals surface area contributed by atoms with Crippen molar-refractivity contribution in [3.63, 3.8) is 0 Å². The van der Waals surface area contributed by atoms with Gasteiger partial charge in [-0.3, -0.25) is 0 Å². The fourth-order valence-electron chi connectivity index (χ4n) is 0.937. The highest BCUT2D eigenvalue weighted by Crippen LogP contribution is 2.37. The van der Waals surface area contributed by atoms with Gasteiger partial charge in [0.05, 0.1) is 26.3 Å². The molecule has 0 aliphatic carbocycles. The van der Waals surface area contributed by atoms with Crippen LogP contribution in [0.2, 0.25) is 0 Å². The molecule has 13 heavy (non-hydrogen) atoms. The molecule has 0 fully saturated rings. The van der Waals surface area contributed by atoms with Crippen LogP contribution < -0.4 is 9.47 Å². The van der Waals surface area contributed by atoms with Crippen LogP contribution in [0.15, 0.2) is 23.1 Å². The highest BCUT2D eigenvalue weighted by atomic mass is 32.2. The van der Waals surface area contributed by atoms with E-state index in [1.54, 1.807) is 18.2 Å². The molecular formula is C8H10O4S. The first kappa shape index (κ1) is 10.2. The maximum absolute atomic E-state index is 8.31. The molecule has 0 atom stereocenters. The SMILES string of the molecule is COc1cccc(OC)c1SOO. The second-order valence-corrected chi connectivity index (χ2v) is 2.87. The molecule has 5 heteroatoms. The number of hydrogen-bond acceptors (Lipinski definition) is 5. The van der Waals surface area contributed by atoms with Gasteiger partial charge in [0.25, 0.3) is 0 Å². The van der Waals surface area contributed by atoms with E-state index in [9.17, 15) is 0 Å². The summed E-state index contributed by atoms with van der Waals surface area (Å²) in [6, 6.07) is 5.30. The van der Waals surface area contributed by atoms with Gasteiger partial charge in [0.1, 0.15) is 16.4 Å². The maximum atomic E-state index is 8.31. The zero-order chi connectivity index (χ0) is 9.68. The molecule has 0 bridgehead atoms. The molecule has 1 N–H and O–H groups in total. The summed E-state index contributed by atoms with van der Waals surface area (Å²) >= 11 is 0.783. The molecule has 0 spiro atoms. The zero-order valence-electron chi connectivity index (χ0n) is 7.31. The minimum atomic E-state index is 0.596. The third kappa shape index (κ3) is 2.27. The van der Waals surface area contributed by atoms with Crippen LogP contribution in [0.25, 0.3) is 0 Å². The number of ether oxygens (including phenoxy) is 2. The maximum Gasteiger partial charge on any atom is 0.138 e. The van der Waals surface area contributed by atoms with Crippen molar-refractivity contribution in [3.05, 3.63) is 18.2 Å². The van der Waals surface area contributed by atoms with Gasteiger partial charge in [0.15, 0.2) is 0 Å². The molecule has 0 aliphatic rings. The molecular weight excluding hydrogens is 192 g/mol. The van der Waals surface area contributed by atoms with Crippen molar-refractivity contribution in [3.8, 4) is 11.5 Å². The van der Waals surface area contributed by atoms with E-state index in [1.807, 2.05) is 0 Å². The lowest BCUT2D eigenvalue weighted by Gasteiger charge is -2.09. The largest absolute Gasteiger partial charge is 0.495 e. The second kappa shape index (κ2) is 4.96. The first-order valence-electron chi connectivity index (χ1n) is 3.52. The van der Waals surface area contributed by atoms with E-state index in [1.165, 1.54) is 14.2 Å². The summed E-state index contributed by atoms with van der Waals surface area (Å²) in [5, 5.41) is 8.31. The minimum absolute atomic E-state index is 0.596. The van der Waals surface area contributed by atoms with Gasteiger partial charge in [-0.2, -0.15) is 4.33 Å². The Kier molecular flexibility index (Phi) is 3.88. The number of methoxy groups -OCH3 is 2. The van der Waals surface area contributed by atoms with Gasteiger partial charge in [0.2, 0.25) is 0 Å². The Hall–Kier alpha value is -0.910. The van der Waals surface area contributed by atoms with Crippen LogP contribution in [0.5, 0.6) is 11.5 Å². The molecule has 1 aromatic carbocycles. The molecule has 72 valence electrons. The Labute approximate surface area is 80.6 Å². The van der Waals surface area contributed by atoms with Crippen LogP contribution in [-0.4, -0.2) is 19.5 Å². The summed E-state index contributed by atoms with van der Waals surface area (Å²) in [5.74, 6) is 1.19. The molecule has 1 aromatic rings. The Balaban J connectivity index is 3.05. The van der Waals surface area contributed by atoms with Crippen LogP contribution in [0, 0.1) is 0 Å². The lowest BCUT2D eigenvalue weighted by molar-refractivity contribution is -0.116. The van der Waals surface area contributed by atoms with E-state index in [2.05, 4.69) is 4.33 Å². The third-order valence-corrected chi connectivity index (χ3v) is 2.15. The Morgan fingerprint density at radius 3 is 2.08 bits per heavy atom. The average molecular weight is 202 g/mol. The number of rotatable bonds is 4. The van der Waals surface area contributed by atoms with E-state index in [-0.39, 0.29) is 0 Å². The predicted octanol–water partition coefficient (Wildman–Crippen LogP) is 2.20. The molecule has 1 rings (SSSR count). The van der Waals surface area contributed by atoms with Crippen LogP contribution in [0.1, 0.15) is 0 Å². The normalized spacial score (nSPS) is 9.77. The lowest BCUT2D eigenvalue weighted by atomic mass is 10.3. The van der Waals surface area contributed by atoms with Crippen molar-refractivity contribution in [1.82, 2.24) is 0 Å². The van der Waals surface area contributed by atoms with E-state index < -0.39 is 0 Å². The van der Waals surface area contributed by atoms with E-state index in [0.717, 1.165) is 12.0 Å². The zero-order valence-corrected chi connectivity index (χ0v) is 8.13. The summed E-state index contributed by atoms with van der Waals surface area (Å²) in [6.07, 6.45) is 0. The van der Waals surface area contributed by atoms with Gasteiger partial charge >= 0.3 is 0 Å². The van der Waals surface area contributed by atoms with E-state index in [0.29, 0.717) is 16.4 Å². The fourth-order valence-corrected chi connectivity index (χ4v) is 1.48. The van der Waals surface area contributed by atoms with Crippen LogP contribution in [0.3, 0.4) is 0 Å². The second-order valence-electron chi connectivity index (χ2n) is 2.15.